The van der Waals surface area contributed by atoms with Gasteiger partial charge in [0.15, 0.2) is 11.5 Å². The van der Waals surface area contributed by atoms with Crippen molar-refractivity contribution in [1.82, 2.24) is 4.90 Å². The molecule has 0 bridgehead atoms. The summed E-state index contributed by atoms with van der Waals surface area (Å²) >= 11 is 0. The van der Waals surface area contributed by atoms with Crippen LogP contribution in [0.2, 0.25) is 0 Å². The maximum absolute atomic E-state index is 12.0. The van der Waals surface area contributed by atoms with Crippen molar-refractivity contribution >= 4 is 5.78 Å². The van der Waals surface area contributed by atoms with Gasteiger partial charge in [0.1, 0.15) is 0 Å². The van der Waals surface area contributed by atoms with Crippen molar-refractivity contribution in [1.29, 1.82) is 0 Å². The molecule has 0 aromatic carbocycles. The van der Waals surface area contributed by atoms with Gasteiger partial charge in [0.2, 0.25) is 0 Å². The van der Waals surface area contributed by atoms with Gasteiger partial charge in [-0.05, 0) is 39.2 Å². The van der Waals surface area contributed by atoms with Crippen molar-refractivity contribution in [2.24, 2.45) is 5.92 Å². The Balaban J connectivity index is 2.07. The average Bonchev–Trinajstić information content (AvgIpc) is 2.51. The molecule has 3 heteroatoms. The molecule has 2 fully saturated rings. The normalized spacial score (nSPS) is 40.8. The smallest absolute Gasteiger partial charge is 0.165 e. The van der Waals surface area contributed by atoms with Gasteiger partial charge >= 0.3 is 0 Å². The van der Waals surface area contributed by atoms with Gasteiger partial charge in [0.25, 0.3) is 0 Å². The van der Waals surface area contributed by atoms with E-state index in [2.05, 4.69) is 18.7 Å². The highest BCUT2D eigenvalue weighted by molar-refractivity contribution is 5.93. The van der Waals surface area contributed by atoms with E-state index in [-0.39, 0.29) is 23.0 Å². The van der Waals surface area contributed by atoms with Crippen LogP contribution in [0.1, 0.15) is 39.5 Å². The Labute approximate surface area is 96.4 Å². The SMILES string of the molecule is CC1(C)CO[C@@]23CCCC[C@@H]2C(=O)C=CN13. The topological polar surface area (TPSA) is 29.5 Å². The summed E-state index contributed by atoms with van der Waals surface area (Å²) in [7, 11) is 0. The van der Waals surface area contributed by atoms with Crippen molar-refractivity contribution < 1.29 is 9.53 Å². The first-order valence-electron chi connectivity index (χ1n) is 6.22. The van der Waals surface area contributed by atoms with Crippen LogP contribution < -0.4 is 0 Å². The predicted molar refractivity (Wildman–Crippen MR) is 60.7 cm³/mol. The largest absolute Gasteiger partial charge is 0.352 e. The van der Waals surface area contributed by atoms with E-state index in [0.29, 0.717) is 0 Å². The van der Waals surface area contributed by atoms with Crippen LogP contribution in [-0.4, -0.2) is 28.6 Å². The molecule has 0 N–H and O–H groups in total. The molecular formula is C13H19NO2. The van der Waals surface area contributed by atoms with Gasteiger partial charge in [-0.15, -0.1) is 0 Å². The fourth-order valence-electron chi connectivity index (χ4n) is 3.50. The Morgan fingerprint density at radius 1 is 1.44 bits per heavy atom. The quantitative estimate of drug-likeness (QED) is 0.627. The second-order valence-electron chi connectivity index (χ2n) is 5.83. The van der Waals surface area contributed by atoms with E-state index in [1.807, 2.05) is 6.20 Å². The molecule has 0 unspecified atom stereocenters. The van der Waals surface area contributed by atoms with Gasteiger partial charge < -0.3 is 9.64 Å². The number of carbonyl (C=O) groups is 1. The number of ether oxygens (including phenoxy) is 1. The summed E-state index contributed by atoms with van der Waals surface area (Å²) in [5.74, 6) is 0.321. The highest BCUT2D eigenvalue weighted by atomic mass is 16.5. The molecule has 3 aliphatic rings. The molecule has 88 valence electrons. The van der Waals surface area contributed by atoms with Crippen LogP contribution in [0.4, 0.5) is 0 Å². The zero-order chi connectivity index (χ0) is 11.4. The minimum atomic E-state index is -0.312. The van der Waals surface area contributed by atoms with Gasteiger partial charge in [-0.1, -0.05) is 6.42 Å². The van der Waals surface area contributed by atoms with Gasteiger partial charge in [-0.3, -0.25) is 4.79 Å². The zero-order valence-corrected chi connectivity index (χ0v) is 10.0. The summed E-state index contributed by atoms with van der Waals surface area (Å²) in [6.45, 7) is 5.10. The zero-order valence-electron chi connectivity index (χ0n) is 10.0. The number of rotatable bonds is 0. The Morgan fingerprint density at radius 2 is 2.25 bits per heavy atom. The van der Waals surface area contributed by atoms with E-state index in [9.17, 15) is 4.79 Å². The summed E-state index contributed by atoms with van der Waals surface area (Å²) in [6.07, 6.45) is 8.00. The fraction of sp³-hybridized carbons (Fsp3) is 0.769. The highest BCUT2D eigenvalue weighted by Gasteiger charge is 2.58. The summed E-state index contributed by atoms with van der Waals surface area (Å²) in [5, 5.41) is 0. The average molecular weight is 221 g/mol. The van der Waals surface area contributed by atoms with Gasteiger partial charge in [-0.25, -0.2) is 0 Å². The van der Waals surface area contributed by atoms with E-state index in [1.165, 1.54) is 6.42 Å². The third-order valence-electron chi connectivity index (χ3n) is 4.29. The monoisotopic (exact) mass is 221 g/mol. The van der Waals surface area contributed by atoms with Gasteiger partial charge in [0, 0.05) is 6.20 Å². The van der Waals surface area contributed by atoms with Crippen LogP contribution in [0, 0.1) is 5.92 Å². The Bertz CT molecular complexity index is 361. The van der Waals surface area contributed by atoms with E-state index in [0.717, 1.165) is 25.9 Å². The van der Waals surface area contributed by atoms with Crippen molar-refractivity contribution in [2.75, 3.05) is 6.61 Å². The van der Waals surface area contributed by atoms with E-state index in [1.54, 1.807) is 6.08 Å². The minimum absolute atomic E-state index is 0.0206. The molecule has 3 rings (SSSR count). The molecule has 0 radical (unpaired) electrons. The molecule has 3 nitrogen and oxygen atoms in total. The number of allylic oxidation sites excluding steroid dienone is 1. The molecule has 0 amide bonds. The van der Waals surface area contributed by atoms with Crippen LogP contribution >= 0.6 is 0 Å². The number of hydrogen-bond donors (Lipinski definition) is 0. The molecule has 1 spiro atoms. The first-order chi connectivity index (χ1) is 7.56. The lowest BCUT2D eigenvalue weighted by atomic mass is 9.75. The van der Waals surface area contributed by atoms with Crippen LogP contribution in [0.25, 0.3) is 0 Å². The fourth-order valence-corrected chi connectivity index (χ4v) is 3.50. The Hall–Kier alpha value is -0.830. The maximum Gasteiger partial charge on any atom is 0.165 e. The van der Waals surface area contributed by atoms with Crippen LogP contribution in [0.3, 0.4) is 0 Å². The first kappa shape index (κ1) is 10.3. The molecule has 1 saturated carbocycles. The molecule has 1 aliphatic carbocycles. The summed E-state index contributed by atoms with van der Waals surface area (Å²) in [4.78, 5) is 14.3. The number of carbonyl (C=O) groups excluding carboxylic acids is 1. The standard InChI is InChI=1S/C13H19NO2/c1-12(2)9-16-13-7-4-3-5-10(13)11(15)6-8-14(12)13/h6,8,10H,3-5,7,9H2,1-2H3/t10-,13+/m1/s1. The van der Waals surface area contributed by atoms with Crippen molar-refractivity contribution in [2.45, 2.75) is 50.8 Å². The number of nitrogens with zero attached hydrogens (tertiary/aromatic N) is 1. The van der Waals surface area contributed by atoms with Gasteiger partial charge in [0.05, 0.1) is 18.1 Å². The third kappa shape index (κ3) is 1.15. The molecule has 2 atom stereocenters. The van der Waals surface area contributed by atoms with E-state index < -0.39 is 0 Å². The third-order valence-corrected chi connectivity index (χ3v) is 4.29. The predicted octanol–water partition coefficient (Wildman–Crippen LogP) is 2.08. The Kier molecular flexibility index (Phi) is 2.00. The maximum atomic E-state index is 12.0. The summed E-state index contributed by atoms with van der Waals surface area (Å²) in [5.41, 5.74) is -0.291. The number of ketones is 1. The lowest BCUT2D eigenvalue weighted by Crippen LogP contribution is -2.58. The van der Waals surface area contributed by atoms with Crippen LogP contribution in [0.15, 0.2) is 12.3 Å². The molecular weight excluding hydrogens is 202 g/mol. The first-order valence-corrected chi connectivity index (χ1v) is 6.22. The molecule has 16 heavy (non-hydrogen) atoms. The second kappa shape index (κ2) is 3.10. The van der Waals surface area contributed by atoms with Crippen LogP contribution in [-0.2, 0) is 9.53 Å². The molecule has 0 aromatic rings. The molecule has 2 aliphatic heterocycles. The van der Waals surface area contributed by atoms with E-state index >= 15 is 0 Å². The van der Waals surface area contributed by atoms with E-state index in [4.69, 9.17) is 4.74 Å². The van der Waals surface area contributed by atoms with Crippen LogP contribution in [0.5, 0.6) is 0 Å². The van der Waals surface area contributed by atoms with Crippen molar-refractivity contribution in [3.8, 4) is 0 Å². The summed E-state index contributed by atoms with van der Waals surface area (Å²) < 4.78 is 6.09. The number of hydrogen-bond acceptors (Lipinski definition) is 3. The molecule has 2 heterocycles. The van der Waals surface area contributed by atoms with Crippen molar-refractivity contribution in [3.63, 3.8) is 0 Å². The Morgan fingerprint density at radius 3 is 3.06 bits per heavy atom. The van der Waals surface area contributed by atoms with Crippen molar-refractivity contribution in [3.05, 3.63) is 12.3 Å². The van der Waals surface area contributed by atoms with Gasteiger partial charge in [-0.2, -0.15) is 0 Å². The molecule has 1 saturated heterocycles. The highest BCUT2D eigenvalue weighted by Crippen LogP contribution is 2.49. The second-order valence-corrected chi connectivity index (χ2v) is 5.83. The summed E-state index contributed by atoms with van der Waals surface area (Å²) in [6, 6.07) is 0. The lowest BCUT2D eigenvalue weighted by molar-refractivity contribution is -0.158. The minimum Gasteiger partial charge on any atom is -0.352 e. The lowest BCUT2D eigenvalue weighted by Gasteiger charge is -2.49. The molecule has 0 aromatic heterocycles.